The number of amides is 1. The molecule has 0 aromatic heterocycles. The molecular formula is C20H24F2N2O2. The summed E-state index contributed by atoms with van der Waals surface area (Å²) < 4.78 is 26.6. The molecule has 1 heterocycles. The Morgan fingerprint density at radius 2 is 2.08 bits per heavy atom. The quantitative estimate of drug-likeness (QED) is 0.654. The maximum Gasteiger partial charge on any atom is 0.220 e. The topological polar surface area (TPSA) is 61.4 Å². The van der Waals surface area contributed by atoms with Crippen molar-refractivity contribution in [3.05, 3.63) is 59.4 Å². The molecule has 0 saturated carbocycles. The zero-order chi connectivity index (χ0) is 18.5. The van der Waals surface area contributed by atoms with Gasteiger partial charge in [-0.05, 0) is 42.7 Å². The van der Waals surface area contributed by atoms with Crippen molar-refractivity contribution in [2.24, 2.45) is 0 Å². The Hall–Kier alpha value is -2.05. The number of rotatable bonds is 7. The van der Waals surface area contributed by atoms with E-state index in [-0.39, 0.29) is 23.7 Å². The van der Waals surface area contributed by atoms with Crippen molar-refractivity contribution in [3.8, 4) is 0 Å². The summed E-state index contributed by atoms with van der Waals surface area (Å²) in [6.07, 6.45) is 5.50. The van der Waals surface area contributed by atoms with E-state index in [1.807, 2.05) is 6.08 Å². The fraction of sp³-hybridized carbons (Fsp3) is 0.450. The monoisotopic (exact) mass is 362 g/mol. The summed E-state index contributed by atoms with van der Waals surface area (Å²) in [6.45, 7) is 0.514. The van der Waals surface area contributed by atoms with Crippen molar-refractivity contribution in [3.63, 3.8) is 0 Å². The predicted molar refractivity (Wildman–Crippen MR) is 95.7 cm³/mol. The molecule has 1 saturated heterocycles. The summed E-state index contributed by atoms with van der Waals surface area (Å²) >= 11 is 0. The van der Waals surface area contributed by atoms with Crippen LogP contribution in [0, 0.1) is 5.82 Å². The van der Waals surface area contributed by atoms with Gasteiger partial charge in [0.1, 0.15) is 18.2 Å². The van der Waals surface area contributed by atoms with E-state index in [2.05, 4.69) is 10.6 Å². The van der Waals surface area contributed by atoms with Gasteiger partial charge < -0.3 is 10.4 Å². The molecule has 6 heteroatoms. The first-order valence-corrected chi connectivity index (χ1v) is 9.01. The molecule has 140 valence electrons. The van der Waals surface area contributed by atoms with Crippen LogP contribution in [0.5, 0.6) is 0 Å². The maximum atomic E-state index is 13.4. The summed E-state index contributed by atoms with van der Waals surface area (Å²) in [6, 6.07) is 6.05. The molecule has 3 unspecified atom stereocenters. The third-order valence-electron chi connectivity index (χ3n) is 4.95. The van der Waals surface area contributed by atoms with Crippen molar-refractivity contribution in [1.82, 2.24) is 10.6 Å². The smallest absolute Gasteiger partial charge is 0.220 e. The van der Waals surface area contributed by atoms with Gasteiger partial charge in [-0.25, -0.2) is 8.78 Å². The van der Waals surface area contributed by atoms with Gasteiger partial charge in [0.05, 0.1) is 6.04 Å². The molecule has 0 spiro atoms. The second-order valence-corrected chi connectivity index (χ2v) is 6.82. The fourth-order valence-electron chi connectivity index (χ4n) is 3.48. The van der Waals surface area contributed by atoms with Crippen molar-refractivity contribution < 1.29 is 18.7 Å². The molecule has 1 fully saturated rings. The Morgan fingerprint density at radius 3 is 2.69 bits per heavy atom. The van der Waals surface area contributed by atoms with E-state index in [4.69, 9.17) is 0 Å². The second-order valence-electron chi connectivity index (χ2n) is 6.82. The van der Waals surface area contributed by atoms with Gasteiger partial charge in [-0.15, -0.1) is 0 Å². The number of carbonyl (C=O) groups excluding carboxylic acids is 1. The summed E-state index contributed by atoms with van der Waals surface area (Å²) in [5.74, 6) is -0.356. The molecule has 3 N–H and O–H groups in total. The average molecular weight is 362 g/mol. The van der Waals surface area contributed by atoms with Gasteiger partial charge in [-0.2, -0.15) is 0 Å². The molecule has 1 aliphatic carbocycles. The van der Waals surface area contributed by atoms with Crippen LogP contribution in [0.4, 0.5) is 8.78 Å². The minimum absolute atomic E-state index is 0.0165. The second kappa shape index (κ2) is 8.56. The molecule has 1 amide bonds. The first kappa shape index (κ1) is 18.7. The standard InChI is InChI=1S/C20H24F2N2O2/c21-15-5-1-13(2-6-15)17(14-3-7-16(22)8-4-14)11-12-23-20(26)18-9-10-19(25)24-18/h1-7,16-18,20,23,26H,8-12H2,(H,24,25)/t16?,17?,18-,20?/m0/s1. The van der Waals surface area contributed by atoms with Gasteiger partial charge in [0.25, 0.3) is 0 Å². The van der Waals surface area contributed by atoms with Gasteiger partial charge in [0.15, 0.2) is 0 Å². The van der Waals surface area contributed by atoms with E-state index >= 15 is 0 Å². The minimum atomic E-state index is -0.960. The van der Waals surface area contributed by atoms with Crippen molar-refractivity contribution in [1.29, 1.82) is 0 Å². The Morgan fingerprint density at radius 1 is 1.31 bits per heavy atom. The van der Waals surface area contributed by atoms with Gasteiger partial charge in [-0.3, -0.25) is 10.1 Å². The SMILES string of the molecule is O=C1CC[C@@H](C(O)NCCC(C2=CCC(F)C=C2)c2ccc(F)cc2)N1. The molecule has 26 heavy (non-hydrogen) atoms. The van der Waals surface area contributed by atoms with Crippen LogP contribution in [0.1, 0.15) is 37.2 Å². The highest BCUT2D eigenvalue weighted by atomic mass is 19.1. The lowest BCUT2D eigenvalue weighted by Gasteiger charge is -2.24. The van der Waals surface area contributed by atoms with Crippen LogP contribution < -0.4 is 10.6 Å². The zero-order valence-corrected chi connectivity index (χ0v) is 14.5. The lowest BCUT2D eigenvalue weighted by Crippen LogP contribution is -2.46. The van der Waals surface area contributed by atoms with Crippen LogP contribution >= 0.6 is 0 Å². The van der Waals surface area contributed by atoms with Crippen LogP contribution in [0.3, 0.4) is 0 Å². The Balaban J connectivity index is 1.63. The normalized spacial score (nSPS) is 24.9. The van der Waals surface area contributed by atoms with Crippen molar-refractivity contribution >= 4 is 5.91 Å². The summed E-state index contributed by atoms with van der Waals surface area (Å²) in [5.41, 5.74) is 1.95. The van der Waals surface area contributed by atoms with Gasteiger partial charge in [-0.1, -0.05) is 30.4 Å². The molecule has 1 aromatic rings. The number of nitrogens with one attached hydrogen (secondary N) is 2. The number of hydrogen-bond acceptors (Lipinski definition) is 3. The zero-order valence-electron chi connectivity index (χ0n) is 14.5. The summed E-state index contributed by atoms with van der Waals surface area (Å²) in [5, 5.41) is 16.0. The average Bonchev–Trinajstić information content (AvgIpc) is 3.07. The van der Waals surface area contributed by atoms with Crippen LogP contribution in [-0.2, 0) is 4.79 Å². The third-order valence-corrected chi connectivity index (χ3v) is 4.95. The largest absolute Gasteiger partial charge is 0.376 e. The van der Waals surface area contributed by atoms with E-state index in [1.54, 1.807) is 24.3 Å². The minimum Gasteiger partial charge on any atom is -0.376 e. The fourth-order valence-corrected chi connectivity index (χ4v) is 3.48. The highest BCUT2D eigenvalue weighted by Gasteiger charge is 2.27. The van der Waals surface area contributed by atoms with Gasteiger partial charge >= 0.3 is 0 Å². The maximum absolute atomic E-state index is 13.4. The van der Waals surface area contributed by atoms with E-state index < -0.39 is 12.4 Å². The van der Waals surface area contributed by atoms with Crippen LogP contribution in [0.2, 0.25) is 0 Å². The number of carbonyl (C=O) groups is 1. The predicted octanol–water partition coefficient (Wildman–Crippen LogP) is 2.71. The highest BCUT2D eigenvalue weighted by molar-refractivity contribution is 5.78. The van der Waals surface area contributed by atoms with Gasteiger partial charge in [0, 0.05) is 18.8 Å². The van der Waals surface area contributed by atoms with Crippen LogP contribution in [-0.4, -0.2) is 36.0 Å². The molecular weight excluding hydrogens is 338 g/mol. The highest BCUT2D eigenvalue weighted by Crippen LogP contribution is 2.31. The molecule has 0 radical (unpaired) electrons. The van der Waals surface area contributed by atoms with Gasteiger partial charge in [0.2, 0.25) is 5.91 Å². The number of benzene rings is 1. The number of halogens is 2. The number of aliphatic hydroxyl groups excluding tert-OH is 1. The lowest BCUT2D eigenvalue weighted by molar-refractivity contribution is -0.119. The number of alkyl halides is 1. The lowest BCUT2D eigenvalue weighted by atomic mass is 9.85. The molecule has 1 aliphatic heterocycles. The summed E-state index contributed by atoms with van der Waals surface area (Å²) in [7, 11) is 0. The number of aliphatic hydroxyl groups is 1. The summed E-state index contributed by atoms with van der Waals surface area (Å²) in [4.78, 5) is 11.3. The molecule has 2 aliphatic rings. The first-order chi connectivity index (χ1) is 12.5. The van der Waals surface area contributed by atoms with E-state index in [9.17, 15) is 18.7 Å². The van der Waals surface area contributed by atoms with E-state index in [1.165, 1.54) is 12.1 Å². The molecule has 1 aromatic carbocycles. The van der Waals surface area contributed by atoms with Crippen LogP contribution in [0.25, 0.3) is 0 Å². The first-order valence-electron chi connectivity index (χ1n) is 9.01. The van der Waals surface area contributed by atoms with Crippen molar-refractivity contribution in [2.45, 2.75) is 50.0 Å². The number of hydrogen-bond donors (Lipinski definition) is 3. The van der Waals surface area contributed by atoms with E-state index in [0.717, 1.165) is 11.1 Å². The Labute approximate surface area is 152 Å². The Bertz CT molecular complexity index is 688. The molecule has 3 rings (SSSR count). The molecule has 4 nitrogen and oxygen atoms in total. The van der Waals surface area contributed by atoms with Crippen LogP contribution in [0.15, 0.2) is 48.1 Å². The number of allylic oxidation sites excluding steroid dienone is 4. The van der Waals surface area contributed by atoms with E-state index in [0.29, 0.717) is 32.2 Å². The third kappa shape index (κ3) is 4.77. The molecule has 0 bridgehead atoms. The Kier molecular flexibility index (Phi) is 6.16. The molecule has 4 atom stereocenters. The van der Waals surface area contributed by atoms with Crippen molar-refractivity contribution in [2.75, 3.05) is 6.54 Å².